The average molecular weight is 270 g/mol. The summed E-state index contributed by atoms with van der Waals surface area (Å²) < 4.78 is 4.76. The predicted molar refractivity (Wildman–Crippen MR) is 73.7 cm³/mol. The second-order valence-electron chi connectivity index (χ2n) is 5.58. The largest absolute Gasteiger partial charge is 0.467 e. The number of hydrogen-bond acceptors (Lipinski definition) is 4. The van der Waals surface area contributed by atoms with E-state index in [0.717, 1.165) is 32.2 Å². The molecular formula is C14H26N2O3. The second kappa shape index (κ2) is 6.89. The number of carbonyl (C=O) groups is 2. The fourth-order valence-electron chi connectivity index (χ4n) is 2.66. The molecule has 0 aliphatic carbocycles. The van der Waals surface area contributed by atoms with Gasteiger partial charge in [-0.15, -0.1) is 0 Å². The average Bonchev–Trinajstić information content (AvgIpc) is 2.84. The van der Waals surface area contributed by atoms with Crippen molar-refractivity contribution in [2.24, 2.45) is 5.92 Å². The summed E-state index contributed by atoms with van der Waals surface area (Å²) in [5.41, 5.74) is -0.504. The third kappa shape index (κ3) is 3.69. The van der Waals surface area contributed by atoms with Crippen molar-refractivity contribution in [3.05, 3.63) is 0 Å². The van der Waals surface area contributed by atoms with E-state index in [1.54, 1.807) is 0 Å². The highest BCUT2D eigenvalue weighted by Crippen LogP contribution is 2.25. The maximum Gasteiger partial charge on any atom is 0.328 e. The lowest BCUT2D eigenvalue weighted by atomic mass is 9.90. The van der Waals surface area contributed by atoms with E-state index in [4.69, 9.17) is 4.74 Å². The third-order valence-corrected chi connectivity index (χ3v) is 3.76. The van der Waals surface area contributed by atoms with E-state index in [2.05, 4.69) is 17.6 Å². The Labute approximate surface area is 115 Å². The van der Waals surface area contributed by atoms with Crippen LogP contribution in [0.5, 0.6) is 0 Å². The first-order valence-corrected chi connectivity index (χ1v) is 7.10. The van der Waals surface area contributed by atoms with Crippen molar-refractivity contribution < 1.29 is 14.3 Å². The van der Waals surface area contributed by atoms with Gasteiger partial charge in [0.1, 0.15) is 6.04 Å². The molecule has 1 rings (SSSR count). The number of nitrogens with one attached hydrogen (secondary N) is 2. The van der Waals surface area contributed by atoms with Crippen LogP contribution < -0.4 is 10.6 Å². The van der Waals surface area contributed by atoms with Crippen LogP contribution in [-0.2, 0) is 14.3 Å². The maximum absolute atomic E-state index is 12.5. The summed E-state index contributed by atoms with van der Waals surface area (Å²) >= 11 is 0. The Morgan fingerprint density at radius 3 is 2.53 bits per heavy atom. The molecule has 0 bridgehead atoms. The number of methoxy groups -OCH3 is 1. The fourth-order valence-corrected chi connectivity index (χ4v) is 2.66. The Bertz CT molecular complexity index is 323. The summed E-state index contributed by atoms with van der Waals surface area (Å²) in [6, 6.07) is -0.575. The highest BCUT2D eigenvalue weighted by molar-refractivity contribution is 5.90. The van der Waals surface area contributed by atoms with E-state index in [9.17, 15) is 9.59 Å². The Hall–Kier alpha value is -1.10. The van der Waals surface area contributed by atoms with Crippen LogP contribution in [0.4, 0.5) is 0 Å². The minimum Gasteiger partial charge on any atom is -0.467 e. The van der Waals surface area contributed by atoms with Crippen molar-refractivity contribution in [3.63, 3.8) is 0 Å². The van der Waals surface area contributed by atoms with Crippen molar-refractivity contribution in [1.29, 1.82) is 0 Å². The molecule has 0 spiro atoms. The van der Waals surface area contributed by atoms with Gasteiger partial charge in [0.2, 0.25) is 5.91 Å². The van der Waals surface area contributed by atoms with Crippen molar-refractivity contribution in [2.75, 3.05) is 13.7 Å². The molecule has 19 heavy (non-hydrogen) atoms. The molecule has 0 aromatic rings. The van der Waals surface area contributed by atoms with Crippen LogP contribution in [0.15, 0.2) is 0 Å². The highest BCUT2D eigenvalue weighted by Gasteiger charge is 2.41. The Morgan fingerprint density at radius 2 is 2.11 bits per heavy atom. The van der Waals surface area contributed by atoms with Crippen LogP contribution in [0.1, 0.15) is 46.5 Å². The van der Waals surface area contributed by atoms with E-state index >= 15 is 0 Å². The van der Waals surface area contributed by atoms with Gasteiger partial charge in [-0.2, -0.15) is 0 Å². The van der Waals surface area contributed by atoms with Gasteiger partial charge in [-0.25, -0.2) is 4.79 Å². The summed E-state index contributed by atoms with van der Waals surface area (Å²) in [6.07, 6.45) is 3.56. The summed E-state index contributed by atoms with van der Waals surface area (Å²) in [5.74, 6) is -0.444. The molecule has 1 amide bonds. The molecule has 1 fully saturated rings. The zero-order valence-corrected chi connectivity index (χ0v) is 12.4. The van der Waals surface area contributed by atoms with E-state index in [1.807, 2.05) is 13.8 Å². The molecule has 5 nitrogen and oxygen atoms in total. The van der Waals surface area contributed by atoms with Gasteiger partial charge in [-0.05, 0) is 31.7 Å². The van der Waals surface area contributed by atoms with Crippen LogP contribution in [0.25, 0.3) is 0 Å². The fraction of sp³-hybridized carbons (Fsp3) is 0.857. The van der Waals surface area contributed by atoms with Crippen molar-refractivity contribution in [2.45, 2.75) is 58.0 Å². The first kappa shape index (κ1) is 16.0. The van der Waals surface area contributed by atoms with Crippen LogP contribution >= 0.6 is 0 Å². The number of hydrogen-bond donors (Lipinski definition) is 2. The van der Waals surface area contributed by atoms with Gasteiger partial charge in [0, 0.05) is 0 Å². The maximum atomic E-state index is 12.5. The van der Waals surface area contributed by atoms with Gasteiger partial charge >= 0.3 is 5.97 Å². The lowest BCUT2D eigenvalue weighted by Gasteiger charge is -2.30. The van der Waals surface area contributed by atoms with E-state index in [0.29, 0.717) is 0 Å². The Kier molecular flexibility index (Phi) is 5.79. The van der Waals surface area contributed by atoms with Gasteiger partial charge in [-0.3, -0.25) is 4.79 Å². The lowest BCUT2D eigenvalue weighted by Crippen LogP contribution is -2.58. The predicted octanol–water partition coefficient (Wildman–Crippen LogP) is 1.22. The summed E-state index contributed by atoms with van der Waals surface area (Å²) in [4.78, 5) is 24.2. The molecule has 1 aliphatic heterocycles. The van der Waals surface area contributed by atoms with Gasteiger partial charge in [0.25, 0.3) is 0 Å². The van der Waals surface area contributed by atoms with Crippen molar-refractivity contribution in [3.8, 4) is 0 Å². The lowest BCUT2D eigenvalue weighted by molar-refractivity contribution is -0.147. The van der Waals surface area contributed by atoms with E-state index in [1.165, 1.54) is 7.11 Å². The van der Waals surface area contributed by atoms with Gasteiger partial charge in [0.15, 0.2) is 0 Å². The van der Waals surface area contributed by atoms with Crippen LogP contribution in [-0.4, -0.2) is 37.1 Å². The summed E-state index contributed by atoms with van der Waals surface area (Å²) in [5, 5.41) is 6.17. The smallest absolute Gasteiger partial charge is 0.328 e. The second-order valence-corrected chi connectivity index (χ2v) is 5.58. The van der Waals surface area contributed by atoms with Crippen LogP contribution in [0.2, 0.25) is 0 Å². The molecular weight excluding hydrogens is 244 g/mol. The summed E-state index contributed by atoms with van der Waals surface area (Å²) in [7, 11) is 1.35. The normalized spacial score (nSPS) is 24.3. The Balaban J connectivity index is 2.77. The van der Waals surface area contributed by atoms with E-state index in [-0.39, 0.29) is 17.8 Å². The standard InChI is InChI=1S/C14H26N2O3/c1-5-7-14(8-6-9-15-14)13(18)16-11(10(2)3)12(17)19-4/h10-11,15H,5-9H2,1-4H3,(H,16,18)/t11-,14?/m0/s1. The quantitative estimate of drug-likeness (QED) is 0.712. The topological polar surface area (TPSA) is 67.4 Å². The molecule has 0 aromatic carbocycles. The molecule has 1 saturated heterocycles. The van der Waals surface area contributed by atoms with Crippen LogP contribution in [0, 0.1) is 5.92 Å². The SMILES string of the molecule is CCCC1(C(=O)N[C@H](C(=O)OC)C(C)C)CCCN1. The number of amides is 1. The molecule has 0 aromatic heterocycles. The molecule has 0 radical (unpaired) electrons. The minimum atomic E-state index is -0.575. The first-order valence-electron chi connectivity index (χ1n) is 7.10. The van der Waals surface area contributed by atoms with Crippen molar-refractivity contribution >= 4 is 11.9 Å². The summed E-state index contributed by atoms with van der Waals surface area (Å²) in [6.45, 7) is 6.72. The number of carbonyl (C=O) groups excluding carboxylic acids is 2. The molecule has 1 aliphatic rings. The number of rotatable bonds is 6. The zero-order valence-electron chi connectivity index (χ0n) is 12.4. The highest BCUT2D eigenvalue weighted by atomic mass is 16.5. The third-order valence-electron chi connectivity index (χ3n) is 3.76. The zero-order chi connectivity index (χ0) is 14.5. The number of esters is 1. The Morgan fingerprint density at radius 1 is 1.42 bits per heavy atom. The molecule has 5 heteroatoms. The van der Waals surface area contributed by atoms with Gasteiger partial charge < -0.3 is 15.4 Å². The molecule has 110 valence electrons. The monoisotopic (exact) mass is 270 g/mol. The molecule has 2 N–H and O–H groups in total. The first-order chi connectivity index (χ1) is 8.96. The molecule has 2 atom stereocenters. The van der Waals surface area contributed by atoms with Crippen LogP contribution in [0.3, 0.4) is 0 Å². The molecule has 1 heterocycles. The van der Waals surface area contributed by atoms with Gasteiger partial charge in [-0.1, -0.05) is 27.2 Å². The van der Waals surface area contributed by atoms with E-state index < -0.39 is 11.6 Å². The molecule has 0 saturated carbocycles. The van der Waals surface area contributed by atoms with Crippen molar-refractivity contribution in [1.82, 2.24) is 10.6 Å². The molecule has 1 unspecified atom stereocenters. The minimum absolute atomic E-state index is 0.0106. The number of ether oxygens (including phenoxy) is 1. The van der Waals surface area contributed by atoms with Gasteiger partial charge in [0.05, 0.1) is 12.6 Å².